The van der Waals surface area contributed by atoms with Gasteiger partial charge in [-0.05, 0) is 70.2 Å². The number of allylic oxidation sites excluding steroid dienone is 3. The van der Waals surface area contributed by atoms with Crippen molar-refractivity contribution in [2.24, 2.45) is 5.92 Å². The van der Waals surface area contributed by atoms with Crippen LogP contribution in [0.3, 0.4) is 0 Å². The van der Waals surface area contributed by atoms with E-state index in [-0.39, 0.29) is 17.6 Å². The minimum absolute atomic E-state index is 0.0661. The van der Waals surface area contributed by atoms with E-state index in [1.54, 1.807) is 0 Å². The van der Waals surface area contributed by atoms with Crippen LogP contribution in [0.1, 0.15) is 69.9 Å². The molecule has 1 fully saturated rings. The van der Waals surface area contributed by atoms with E-state index in [1.807, 2.05) is 26.1 Å². The number of sulfonamides is 1. The third kappa shape index (κ3) is 7.21. The zero-order valence-electron chi connectivity index (χ0n) is 21.8. The Bertz CT molecular complexity index is 1050. The molecule has 1 aliphatic heterocycles. The van der Waals surface area contributed by atoms with Gasteiger partial charge in [0.05, 0.1) is 5.41 Å². The van der Waals surface area contributed by atoms with Crippen molar-refractivity contribution in [3.63, 3.8) is 0 Å². The predicted molar refractivity (Wildman–Crippen MR) is 143 cm³/mol. The quantitative estimate of drug-likeness (QED) is 0.257. The van der Waals surface area contributed by atoms with Gasteiger partial charge in [-0.15, -0.1) is 0 Å². The molecule has 1 aliphatic carbocycles. The Kier molecular flexibility index (Phi) is 9.62. The predicted octanol–water partition coefficient (Wildman–Crippen LogP) is 5.57. The molecule has 6 nitrogen and oxygen atoms in total. The van der Waals surface area contributed by atoms with E-state index >= 15 is 0 Å². The number of aryl methyl sites for hydroxylation is 1. The van der Waals surface area contributed by atoms with Crippen LogP contribution in [0, 0.1) is 5.92 Å². The highest BCUT2D eigenvalue weighted by molar-refractivity contribution is 7.92. The molecular formula is C28H42N2O4S. The number of unbranched alkanes of at least 4 members (excludes halogenated alkanes) is 2. The van der Waals surface area contributed by atoms with Crippen LogP contribution in [0.5, 0.6) is 11.5 Å². The van der Waals surface area contributed by atoms with Crippen molar-refractivity contribution >= 4 is 10.0 Å². The SMILES string of the molecule is C=C(C)C1CCC(C)=C[C@H]1c1c(O)cc(CCCCC)cc1O/C=C/S(=O)(=O)N1CCN(C)CC1. The van der Waals surface area contributed by atoms with Crippen LogP contribution in [0.4, 0.5) is 0 Å². The molecular weight excluding hydrogens is 460 g/mol. The molecule has 0 radical (unpaired) electrons. The van der Waals surface area contributed by atoms with Gasteiger partial charge in [0.2, 0.25) is 10.0 Å². The maximum absolute atomic E-state index is 12.8. The first kappa shape index (κ1) is 27.5. The summed E-state index contributed by atoms with van der Waals surface area (Å²) in [6.07, 6.45) is 9.53. The van der Waals surface area contributed by atoms with E-state index in [2.05, 4.69) is 31.4 Å². The first-order valence-electron chi connectivity index (χ1n) is 12.8. The lowest BCUT2D eigenvalue weighted by molar-refractivity contribution is 0.223. The smallest absolute Gasteiger partial charge is 0.239 e. The van der Waals surface area contributed by atoms with Gasteiger partial charge in [0.1, 0.15) is 17.8 Å². The molecule has 3 rings (SSSR count). The van der Waals surface area contributed by atoms with Crippen LogP contribution in [-0.4, -0.2) is 56.0 Å². The maximum Gasteiger partial charge on any atom is 0.239 e. The molecule has 35 heavy (non-hydrogen) atoms. The van der Waals surface area contributed by atoms with Crippen LogP contribution in [0.25, 0.3) is 0 Å². The van der Waals surface area contributed by atoms with Gasteiger partial charge in [0, 0.05) is 37.7 Å². The summed E-state index contributed by atoms with van der Waals surface area (Å²) in [6.45, 7) is 12.9. The number of phenols is 1. The summed E-state index contributed by atoms with van der Waals surface area (Å²) in [4.78, 5) is 2.11. The molecule has 1 N–H and O–H groups in total. The van der Waals surface area contributed by atoms with E-state index in [9.17, 15) is 13.5 Å². The number of rotatable bonds is 10. The summed E-state index contributed by atoms with van der Waals surface area (Å²) >= 11 is 0. The van der Waals surface area contributed by atoms with Crippen molar-refractivity contribution < 1.29 is 18.3 Å². The molecule has 7 heteroatoms. The van der Waals surface area contributed by atoms with E-state index in [0.29, 0.717) is 37.5 Å². The highest BCUT2D eigenvalue weighted by Gasteiger charge is 2.31. The largest absolute Gasteiger partial charge is 0.507 e. The minimum atomic E-state index is -3.57. The Morgan fingerprint density at radius 2 is 1.94 bits per heavy atom. The lowest BCUT2D eigenvalue weighted by Crippen LogP contribution is -2.46. The van der Waals surface area contributed by atoms with Crippen LogP contribution in [0.15, 0.2) is 47.6 Å². The molecule has 0 saturated carbocycles. The number of ether oxygens (including phenoxy) is 1. The second kappa shape index (κ2) is 12.2. The summed E-state index contributed by atoms with van der Waals surface area (Å²) in [5.41, 5.74) is 4.05. The zero-order chi connectivity index (χ0) is 25.6. The number of benzene rings is 1. The van der Waals surface area contributed by atoms with Crippen molar-refractivity contribution in [2.75, 3.05) is 33.2 Å². The van der Waals surface area contributed by atoms with Crippen molar-refractivity contribution in [1.82, 2.24) is 9.21 Å². The maximum atomic E-state index is 12.8. The standard InChI is InChI=1S/C28H42N2O4S/c1-6-7-8-9-23-19-26(31)28(25-18-22(4)10-11-24(25)21(2)3)27(20-23)34-16-17-35(32,33)30-14-12-29(5)13-15-30/h16-20,24-25,31H,2,6-15H2,1,3-5H3/b17-16+/t24?,25-/m1/s1. The van der Waals surface area contributed by atoms with Gasteiger partial charge in [-0.3, -0.25) is 0 Å². The monoisotopic (exact) mass is 502 g/mol. The molecule has 0 bridgehead atoms. The van der Waals surface area contributed by atoms with Gasteiger partial charge in [-0.25, -0.2) is 8.42 Å². The summed E-state index contributed by atoms with van der Waals surface area (Å²) in [5.74, 6) is 0.842. The summed E-state index contributed by atoms with van der Waals surface area (Å²) in [6, 6.07) is 3.81. The normalized spacial score (nSPS) is 22.3. The highest BCUT2D eigenvalue weighted by atomic mass is 32.2. The van der Waals surface area contributed by atoms with Crippen molar-refractivity contribution in [3.05, 3.63) is 58.7 Å². The number of nitrogens with zero attached hydrogens (tertiary/aromatic N) is 2. The Labute approximate surface area is 212 Å². The fraction of sp³-hybridized carbons (Fsp3) is 0.571. The molecule has 1 heterocycles. The number of phenolic OH excluding ortho intramolecular Hbond substituents is 1. The van der Waals surface area contributed by atoms with Crippen LogP contribution in [-0.2, 0) is 16.4 Å². The van der Waals surface area contributed by atoms with Crippen molar-refractivity contribution in [2.45, 2.75) is 65.2 Å². The van der Waals surface area contributed by atoms with Gasteiger partial charge in [-0.1, -0.05) is 43.6 Å². The Morgan fingerprint density at radius 1 is 1.23 bits per heavy atom. The molecule has 2 atom stereocenters. The van der Waals surface area contributed by atoms with Gasteiger partial charge < -0.3 is 14.7 Å². The fourth-order valence-electron chi connectivity index (χ4n) is 5.03. The summed E-state index contributed by atoms with van der Waals surface area (Å²) < 4.78 is 33.2. The first-order chi connectivity index (χ1) is 16.6. The van der Waals surface area contributed by atoms with E-state index in [0.717, 1.165) is 55.1 Å². The zero-order valence-corrected chi connectivity index (χ0v) is 22.6. The molecule has 0 amide bonds. The lowest BCUT2D eigenvalue weighted by atomic mass is 9.73. The third-order valence-corrected chi connectivity index (χ3v) is 8.75. The average molecular weight is 503 g/mol. The molecule has 1 saturated heterocycles. The second-order valence-electron chi connectivity index (χ2n) is 10.2. The van der Waals surface area contributed by atoms with Gasteiger partial charge >= 0.3 is 0 Å². The number of hydrogen-bond acceptors (Lipinski definition) is 5. The van der Waals surface area contributed by atoms with Crippen LogP contribution >= 0.6 is 0 Å². The molecule has 194 valence electrons. The molecule has 1 aromatic rings. The van der Waals surface area contributed by atoms with E-state index in [4.69, 9.17) is 4.74 Å². The van der Waals surface area contributed by atoms with Crippen LogP contribution < -0.4 is 4.74 Å². The Hall–Kier alpha value is -2.09. The topological polar surface area (TPSA) is 70.1 Å². The van der Waals surface area contributed by atoms with Gasteiger partial charge in [0.25, 0.3) is 0 Å². The highest BCUT2D eigenvalue weighted by Crippen LogP contribution is 2.47. The summed E-state index contributed by atoms with van der Waals surface area (Å²) in [7, 11) is -1.58. The molecule has 0 aromatic heterocycles. The van der Waals surface area contributed by atoms with E-state index < -0.39 is 10.0 Å². The van der Waals surface area contributed by atoms with Gasteiger partial charge in [0.15, 0.2) is 0 Å². The molecule has 0 spiro atoms. The third-order valence-electron chi connectivity index (χ3n) is 7.21. The summed E-state index contributed by atoms with van der Waals surface area (Å²) in [5, 5.41) is 12.3. The fourth-order valence-corrected chi connectivity index (χ4v) is 6.07. The Morgan fingerprint density at radius 3 is 2.60 bits per heavy atom. The van der Waals surface area contributed by atoms with Gasteiger partial charge in [-0.2, -0.15) is 4.31 Å². The lowest BCUT2D eigenvalue weighted by Gasteiger charge is -2.32. The van der Waals surface area contributed by atoms with E-state index in [1.165, 1.54) is 16.1 Å². The molecule has 2 aliphatic rings. The number of aromatic hydroxyl groups is 1. The second-order valence-corrected chi connectivity index (χ2v) is 12.0. The molecule has 1 unspecified atom stereocenters. The number of hydrogen-bond donors (Lipinski definition) is 1. The minimum Gasteiger partial charge on any atom is -0.507 e. The van der Waals surface area contributed by atoms with Crippen LogP contribution in [0.2, 0.25) is 0 Å². The average Bonchev–Trinajstić information content (AvgIpc) is 2.79. The number of likely N-dealkylation sites (N-methyl/N-ethyl adjacent to an activating group) is 1. The first-order valence-corrected chi connectivity index (χ1v) is 14.3. The van der Waals surface area contributed by atoms with Crippen molar-refractivity contribution in [3.8, 4) is 11.5 Å². The number of piperazine rings is 1. The Balaban J connectivity index is 1.93. The van der Waals surface area contributed by atoms with Crippen molar-refractivity contribution in [1.29, 1.82) is 0 Å². The molecule has 1 aromatic carbocycles.